The largest absolute Gasteiger partial charge is 0.378 e. The molecule has 2 N–H and O–H groups in total. The molecule has 0 heterocycles. The van der Waals surface area contributed by atoms with Crippen LogP contribution in [0.25, 0.3) is 0 Å². The Morgan fingerprint density at radius 2 is 1.94 bits per heavy atom. The quantitative estimate of drug-likeness (QED) is 0.879. The first kappa shape index (κ1) is 15.6. The van der Waals surface area contributed by atoms with Gasteiger partial charge < -0.3 is 10.4 Å². The lowest BCUT2D eigenvalue weighted by molar-refractivity contribution is -0.129. The standard InChI is InChI=1S/C12H15Cl2NO2S/c1-7(18-2)6-15-12(17)11(16)8-3-9(13)5-10(14)4-8/h3-5,7,11,16H,6H2,1-2H3,(H,15,17)/t7-,11-/m0/s1. The number of nitrogens with one attached hydrogen (secondary N) is 1. The molecule has 0 fully saturated rings. The van der Waals surface area contributed by atoms with Crippen LogP contribution in [0.15, 0.2) is 18.2 Å². The first-order chi connectivity index (χ1) is 8.43. The number of benzene rings is 1. The number of rotatable bonds is 5. The molecule has 2 atom stereocenters. The molecule has 0 saturated heterocycles. The van der Waals surface area contributed by atoms with E-state index in [0.717, 1.165) is 0 Å². The Labute approximate surface area is 121 Å². The maximum Gasteiger partial charge on any atom is 0.253 e. The smallest absolute Gasteiger partial charge is 0.253 e. The van der Waals surface area contributed by atoms with Crippen molar-refractivity contribution in [3.05, 3.63) is 33.8 Å². The maximum absolute atomic E-state index is 11.7. The van der Waals surface area contributed by atoms with E-state index < -0.39 is 12.0 Å². The number of halogens is 2. The highest BCUT2D eigenvalue weighted by Crippen LogP contribution is 2.23. The molecular weight excluding hydrogens is 293 g/mol. The van der Waals surface area contributed by atoms with Crippen LogP contribution in [0.5, 0.6) is 0 Å². The number of amides is 1. The van der Waals surface area contributed by atoms with E-state index in [1.54, 1.807) is 17.8 Å². The molecule has 3 nitrogen and oxygen atoms in total. The molecule has 0 radical (unpaired) electrons. The van der Waals surface area contributed by atoms with Crippen molar-refractivity contribution in [3.63, 3.8) is 0 Å². The van der Waals surface area contributed by atoms with E-state index in [9.17, 15) is 9.90 Å². The summed E-state index contributed by atoms with van der Waals surface area (Å²) in [6.07, 6.45) is 0.708. The van der Waals surface area contributed by atoms with Crippen LogP contribution in [0.3, 0.4) is 0 Å². The molecular formula is C12H15Cl2NO2S. The molecule has 0 aromatic heterocycles. The Bertz CT molecular complexity index is 408. The third kappa shape index (κ3) is 4.69. The molecule has 100 valence electrons. The van der Waals surface area contributed by atoms with Gasteiger partial charge in [-0.3, -0.25) is 4.79 Å². The summed E-state index contributed by atoms with van der Waals surface area (Å²) in [5.74, 6) is -0.450. The summed E-state index contributed by atoms with van der Waals surface area (Å²) in [7, 11) is 0. The van der Waals surface area contributed by atoms with E-state index in [-0.39, 0.29) is 0 Å². The fourth-order valence-corrected chi connectivity index (χ4v) is 2.10. The first-order valence-corrected chi connectivity index (χ1v) is 7.43. The van der Waals surface area contributed by atoms with Crippen molar-refractivity contribution >= 4 is 40.9 Å². The lowest BCUT2D eigenvalue weighted by Gasteiger charge is -2.14. The van der Waals surface area contributed by atoms with Gasteiger partial charge in [0.05, 0.1) is 0 Å². The van der Waals surface area contributed by atoms with Crippen LogP contribution in [-0.4, -0.2) is 29.1 Å². The second kappa shape index (κ2) is 7.24. The van der Waals surface area contributed by atoms with Crippen LogP contribution in [0.2, 0.25) is 10.0 Å². The highest BCUT2D eigenvalue weighted by molar-refractivity contribution is 7.99. The summed E-state index contributed by atoms with van der Waals surface area (Å²) >= 11 is 13.3. The normalized spacial score (nSPS) is 14.1. The number of carbonyl (C=O) groups is 1. The molecule has 0 aliphatic rings. The number of thioether (sulfide) groups is 1. The number of hydrogen-bond donors (Lipinski definition) is 2. The molecule has 0 unspecified atom stereocenters. The average molecular weight is 308 g/mol. The second-order valence-corrected chi connectivity index (χ2v) is 6.05. The molecule has 0 spiro atoms. The summed E-state index contributed by atoms with van der Waals surface area (Å²) in [6.45, 7) is 2.50. The van der Waals surface area contributed by atoms with Crippen molar-refractivity contribution in [1.29, 1.82) is 0 Å². The van der Waals surface area contributed by atoms with Gasteiger partial charge in [0, 0.05) is 21.8 Å². The van der Waals surface area contributed by atoms with E-state index >= 15 is 0 Å². The zero-order valence-electron chi connectivity index (χ0n) is 10.1. The van der Waals surface area contributed by atoms with Crippen molar-refractivity contribution in [2.24, 2.45) is 0 Å². The Morgan fingerprint density at radius 1 is 1.39 bits per heavy atom. The summed E-state index contributed by atoms with van der Waals surface area (Å²) in [5.41, 5.74) is 0.391. The second-order valence-electron chi connectivity index (χ2n) is 3.90. The van der Waals surface area contributed by atoms with Crippen LogP contribution < -0.4 is 5.32 Å². The molecule has 0 aliphatic heterocycles. The zero-order valence-corrected chi connectivity index (χ0v) is 12.4. The molecule has 18 heavy (non-hydrogen) atoms. The van der Waals surface area contributed by atoms with E-state index in [1.165, 1.54) is 12.1 Å². The summed E-state index contributed by atoms with van der Waals surface area (Å²) in [6, 6.07) is 4.60. The third-order valence-electron chi connectivity index (χ3n) is 2.42. The monoisotopic (exact) mass is 307 g/mol. The van der Waals surface area contributed by atoms with E-state index in [0.29, 0.717) is 27.4 Å². The van der Waals surface area contributed by atoms with Gasteiger partial charge in [-0.15, -0.1) is 0 Å². The SMILES string of the molecule is CS[C@@H](C)CNC(=O)[C@@H](O)c1cc(Cl)cc(Cl)c1. The van der Waals surface area contributed by atoms with Gasteiger partial charge in [-0.2, -0.15) is 11.8 Å². The molecule has 0 saturated carbocycles. The summed E-state index contributed by atoms with van der Waals surface area (Å²) < 4.78 is 0. The van der Waals surface area contributed by atoms with Crippen LogP contribution in [0.1, 0.15) is 18.6 Å². The van der Waals surface area contributed by atoms with Gasteiger partial charge in [0.25, 0.3) is 5.91 Å². The van der Waals surface area contributed by atoms with Crippen LogP contribution >= 0.6 is 35.0 Å². The molecule has 1 aromatic carbocycles. The van der Waals surface area contributed by atoms with Crippen LogP contribution in [0.4, 0.5) is 0 Å². The zero-order chi connectivity index (χ0) is 13.7. The van der Waals surface area contributed by atoms with Crippen molar-refractivity contribution in [3.8, 4) is 0 Å². The van der Waals surface area contributed by atoms with Crippen molar-refractivity contribution < 1.29 is 9.90 Å². The number of aliphatic hydroxyl groups is 1. The molecule has 1 aromatic rings. The van der Waals surface area contributed by atoms with Crippen molar-refractivity contribution in [2.75, 3.05) is 12.8 Å². The van der Waals surface area contributed by atoms with Gasteiger partial charge in [0.15, 0.2) is 6.10 Å². The summed E-state index contributed by atoms with van der Waals surface area (Å²) in [5, 5.41) is 13.6. The van der Waals surface area contributed by atoms with Crippen LogP contribution in [0, 0.1) is 0 Å². The first-order valence-electron chi connectivity index (χ1n) is 5.38. The summed E-state index contributed by atoms with van der Waals surface area (Å²) in [4.78, 5) is 11.7. The van der Waals surface area contributed by atoms with E-state index in [1.807, 2.05) is 13.2 Å². The minimum absolute atomic E-state index is 0.295. The topological polar surface area (TPSA) is 49.3 Å². The molecule has 6 heteroatoms. The Balaban J connectivity index is 2.68. The minimum Gasteiger partial charge on any atom is -0.378 e. The fraction of sp³-hybridized carbons (Fsp3) is 0.417. The predicted octanol–water partition coefficient (Wildman–Crippen LogP) is 2.89. The highest BCUT2D eigenvalue weighted by atomic mass is 35.5. The van der Waals surface area contributed by atoms with Crippen LogP contribution in [-0.2, 0) is 4.79 Å². The Hall–Kier alpha value is -0.420. The lowest BCUT2D eigenvalue weighted by Crippen LogP contribution is -2.33. The van der Waals surface area contributed by atoms with E-state index in [4.69, 9.17) is 23.2 Å². The van der Waals surface area contributed by atoms with E-state index in [2.05, 4.69) is 5.32 Å². The van der Waals surface area contributed by atoms with Gasteiger partial charge in [-0.1, -0.05) is 30.1 Å². The number of hydrogen-bond acceptors (Lipinski definition) is 3. The maximum atomic E-state index is 11.7. The lowest BCUT2D eigenvalue weighted by atomic mass is 10.1. The van der Waals surface area contributed by atoms with Gasteiger partial charge in [0.2, 0.25) is 0 Å². The number of aliphatic hydroxyl groups excluding tert-OH is 1. The Kier molecular flexibility index (Phi) is 6.29. The fourth-order valence-electron chi connectivity index (χ4n) is 1.31. The number of carbonyl (C=O) groups excluding carboxylic acids is 1. The molecule has 1 amide bonds. The molecule has 0 aliphatic carbocycles. The van der Waals surface area contributed by atoms with Gasteiger partial charge in [-0.05, 0) is 30.0 Å². The van der Waals surface area contributed by atoms with Gasteiger partial charge >= 0.3 is 0 Å². The molecule has 0 bridgehead atoms. The minimum atomic E-state index is -1.25. The van der Waals surface area contributed by atoms with Crippen molar-refractivity contribution in [2.45, 2.75) is 18.3 Å². The highest BCUT2D eigenvalue weighted by Gasteiger charge is 2.18. The predicted molar refractivity (Wildman–Crippen MR) is 77.4 cm³/mol. The average Bonchev–Trinajstić information content (AvgIpc) is 2.33. The van der Waals surface area contributed by atoms with Crippen molar-refractivity contribution in [1.82, 2.24) is 5.32 Å². The van der Waals surface area contributed by atoms with Gasteiger partial charge in [0.1, 0.15) is 0 Å². The molecule has 1 rings (SSSR count). The Morgan fingerprint density at radius 3 is 2.44 bits per heavy atom. The van der Waals surface area contributed by atoms with Gasteiger partial charge in [-0.25, -0.2) is 0 Å². The third-order valence-corrected chi connectivity index (χ3v) is 3.82.